The molecule has 0 heterocycles. The van der Waals surface area contributed by atoms with Crippen molar-refractivity contribution in [2.45, 2.75) is 13.0 Å². The van der Waals surface area contributed by atoms with Gasteiger partial charge in [-0.05, 0) is 13.0 Å². The van der Waals surface area contributed by atoms with E-state index in [0.29, 0.717) is 5.56 Å². The van der Waals surface area contributed by atoms with Crippen LogP contribution in [0.2, 0.25) is 0 Å². The number of hydrogen-bond donors (Lipinski definition) is 0. The topological polar surface area (TPSA) is 52.4 Å². The Morgan fingerprint density at radius 1 is 1.57 bits per heavy atom. The summed E-state index contributed by atoms with van der Waals surface area (Å²) < 4.78 is 5.08. The Labute approximate surface area is 86.6 Å². The molecule has 1 atom stereocenters. The third-order valence-electron chi connectivity index (χ3n) is 1.88. The Morgan fingerprint density at radius 2 is 2.21 bits per heavy atom. The molecule has 76 valence electrons. The van der Waals surface area contributed by atoms with Crippen molar-refractivity contribution in [2.24, 2.45) is 0 Å². The fourth-order valence-electron chi connectivity index (χ4n) is 1.18. The minimum absolute atomic E-state index is 0.0210. The summed E-state index contributed by atoms with van der Waals surface area (Å²) in [4.78, 5) is 10.2. The molecule has 14 heavy (non-hydrogen) atoms. The van der Waals surface area contributed by atoms with E-state index < -0.39 is 4.92 Å². The van der Waals surface area contributed by atoms with Crippen LogP contribution in [0.15, 0.2) is 24.3 Å². The quantitative estimate of drug-likeness (QED) is 0.441. The Bertz CT molecular complexity index is 330. The zero-order chi connectivity index (χ0) is 10.6. The molecule has 1 aromatic rings. The predicted octanol–water partition coefficient (Wildman–Crippen LogP) is 2.87. The average molecular weight is 216 g/mol. The molecule has 0 amide bonds. The number of ether oxygens (including phenoxy) is 1. The van der Waals surface area contributed by atoms with Crippen molar-refractivity contribution in [3.63, 3.8) is 0 Å². The molecule has 0 N–H and O–H groups in total. The Kier molecular flexibility index (Phi) is 3.85. The molecule has 0 bridgehead atoms. The Hall–Kier alpha value is -1.13. The molecule has 0 saturated heterocycles. The minimum atomic E-state index is -0.427. The summed E-state index contributed by atoms with van der Waals surface area (Å²) in [5.41, 5.74) is 0.600. The molecular formula is C9H10ClNO3. The van der Waals surface area contributed by atoms with Gasteiger partial charge < -0.3 is 4.74 Å². The summed E-state index contributed by atoms with van der Waals surface area (Å²) in [6, 6.07) is 6.48. The molecule has 5 heteroatoms. The zero-order valence-corrected chi connectivity index (χ0v) is 8.40. The summed E-state index contributed by atoms with van der Waals surface area (Å²) in [5.74, 6) is 0. The molecule has 1 aromatic carbocycles. The number of halogens is 1. The molecule has 0 fully saturated rings. The fourth-order valence-corrected chi connectivity index (χ4v) is 1.37. The smallest absolute Gasteiger partial charge is 0.275 e. The van der Waals surface area contributed by atoms with E-state index in [9.17, 15) is 10.1 Å². The summed E-state index contributed by atoms with van der Waals surface area (Å²) in [5, 5.41) is 10.6. The third kappa shape index (κ3) is 2.43. The first-order valence-corrected chi connectivity index (χ1v) is 4.61. The summed E-state index contributed by atoms with van der Waals surface area (Å²) in [6.07, 6.45) is -0.367. The van der Waals surface area contributed by atoms with E-state index in [0.717, 1.165) is 0 Å². The van der Waals surface area contributed by atoms with Crippen LogP contribution in [0.5, 0.6) is 0 Å². The van der Waals surface area contributed by atoms with E-state index in [4.69, 9.17) is 16.3 Å². The van der Waals surface area contributed by atoms with Gasteiger partial charge in [-0.1, -0.05) is 23.7 Å². The van der Waals surface area contributed by atoms with Crippen molar-refractivity contribution in [1.29, 1.82) is 0 Å². The lowest BCUT2D eigenvalue weighted by molar-refractivity contribution is -0.386. The predicted molar refractivity (Wildman–Crippen MR) is 53.3 cm³/mol. The Morgan fingerprint density at radius 3 is 2.79 bits per heavy atom. The first-order chi connectivity index (χ1) is 6.66. The third-order valence-corrected chi connectivity index (χ3v) is 2.01. The van der Waals surface area contributed by atoms with Crippen LogP contribution in [-0.2, 0) is 4.74 Å². The van der Waals surface area contributed by atoms with E-state index in [-0.39, 0.29) is 17.9 Å². The van der Waals surface area contributed by atoms with Crippen LogP contribution in [0, 0.1) is 10.1 Å². The number of hydrogen-bond acceptors (Lipinski definition) is 3. The summed E-state index contributed by atoms with van der Waals surface area (Å²) in [7, 11) is 0. The zero-order valence-electron chi connectivity index (χ0n) is 7.64. The van der Waals surface area contributed by atoms with Gasteiger partial charge in [-0.2, -0.15) is 0 Å². The van der Waals surface area contributed by atoms with Gasteiger partial charge >= 0.3 is 0 Å². The first-order valence-electron chi connectivity index (χ1n) is 4.07. The van der Waals surface area contributed by atoms with Crippen molar-refractivity contribution >= 4 is 17.3 Å². The molecule has 0 aromatic heterocycles. The molecular weight excluding hydrogens is 206 g/mol. The number of nitrogens with zero attached hydrogens (tertiary/aromatic N) is 1. The standard InChI is InChI=1S/C9H10ClNO3/c1-7(14-6-10)8-4-2-3-5-9(8)11(12)13/h2-5,7H,6H2,1H3. The average Bonchev–Trinajstić information content (AvgIpc) is 2.18. The number of para-hydroxylation sites is 1. The summed E-state index contributed by atoms with van der Waals surface area (Å²) >= 11 is 5.39. The highest BCUT2D eigenvalue weighted by molar-refractivity contribution is 6.17. The number of nitro groups is 1. The highest BCUT2D eigenvalue weighted by atomic mass is 35.5. The molecule has 0 aliphatic carbocycles. The Balaban J connectivity index is 3.00. The van der Waals surface area contributed by atoms with Gasteiger partial charge in [-0.15, -0.1) is 0 Å². The van der Waals surface area contributed by atoms with E-state index in [1.807, 2.05) is 0 Å². The van der Waals surface area contributed by atoms with Crippen LogP contribution in [0.3, 0.4) is 0 Å². The van der Waals surface area contributed by atoms with E-state index in [2.05, 4.69) is 0 Å². The van der Waals surface area contributed by atoms with E-state index >= 15 is 0 Å². The molecule has 0 radical (unpaired) electrons. The van der Waals surface area contributed by atoms with Gasteiger partial charge in [0.05, 0.1) is 16.6 Å². The van der Waals surface area contributed by atoms with E-state index in [1.165, 1.54) is 6.07 Å². The normalized spacial score (nSPS) is 12.4. The number of rotatable bonds is 4. The number of benzene rings is 1. The van der Waals surface area contributed by atoms with Crippen LogP contribution in [0.1, 0.15) is 18.6 Å². The molecule has 0 aliphatic rings. The fraction of sp³-hybridized carbons (Fsp3) is 0.333. The number of alkyl halides is 1. The number of nitro benzene ring substituents is 1. The van der Waals surface area contributed by atoms with Crippen molar-refractivity contribution in [1.82, 2.24) is 0 Å². The van der Waals surface area contributed by atoms with Gasteiger partial charge in [0.1, 0.15) is 6.07 Å². The van der Waals surface area contributed by atoms with Crippen molar-refractivity contribution in [2.75, 3.05) is 6.07 Å². The first kappa shape index (κ1) is 10.9. The molecule has 0 saturated carbocycles. The maximum atomic E-state index is 10.6. The maximum absolute atomic E-state index is 10.6. The van der Waals surface area contributed by atoms with Crippen molar-refractivity contribution in [3.05, 3.63) is 39.9 Å². The second kappa shape index (κ2) is 4.93. The van der Waals surface area contributed by atoms with Crippen LogP contribution in [0.4, 0.5) is 5.69 Å². The maximum Gasteiger partial charge on any atom is 0.275 e. The second-order valence-electron chi connectivity index (χ2n) is 2.73. The molecule has 0 spiro atoms. The van der Waals surface area contributed by atoms with Crippen LogP contribution < -0.4 is 0 Å². The van der Waals surface area contributed by atoms with Crippen molar-refractivity contribution < 1.29 is 9.66 Å². The molecule has 1 rings (SSSR count). The van der Waals surface area contributed by atoms with Gasteiger partial charge in [0.2, 0.25) is 0 Å². The monoisotopic (exact) mass is 215 g/mol. The lowest BCUT2D eigenvalue weighted by Crippen LogP contribution is -2.02. The van der Waals surface area contributed by atoms with Gasteiger partial charge in [-0.25, -0.2) is 0 Å². The highest BCUT2D eigenvalue weighted by Gasteiger charge is 2.17. The molecule has 1 unspecified atom stereocenters. The van der Waals surface area contributed by atoms with Gasteiger partial charge in [0, 0.05) is 6.07 Å². The van der Waals surface area contributed by atoms with Crippen molar-refractivity contribution in [3.8, 4) is 0 Å². The lowest BCUT2D eigenvalue weighted by atomic mass is 10.1. The van der Waals surface area contributed by atoms with Crippen LogP contribution >= 0.6 is 11.6 Å². The van der Waals surface area contributed by atoms with Gasteiger partial charge in [0.15, 0.2) is 0 Å². The second-order valence-corrected chi connectivity index (χ2v) is 2.95. The van der Waals surface area contributed by atoms with Crippen LogP contribution in [0.25, 0.3) is 0 Å². The van der Waals surface area contributed by atoms with Crippen LogP contribution in [-0.4, -0.2) is 11.0 Å². The molecule has 0 aliphatic heterocycles. The summed E-state index contributed by atoms with van der Waals surface area (Å²) in [6.45, 7) is 1.73. The van der Waals surface area contributed by atoms with Gasteiger partial charge in [0.25, 0.3) is 5.69 Å². The molecule has 4 nitrogen and oxygen atoms in total. The lowest BCUT2D eigenvalue weighted by Gasteiger charge is -2.10. The van der Waals surface area contributed by atoms with E-state index in [1.54, 1.807) is 25.1 Å². The van der Waals surface area contributed by atoms with Gasteiger partial charge in [-0.3, -0.25) is 10.1 Å². The largest absolute Gasteiger partial charge is 0.358 e. The highest BCUT2D eigenvalue weighted by Crippen LogP contribution is 2.26. The SMILES string of the molecule is CC(OCCl)c1ccccc1[N+](=O)[O-]. The minimum Gasteiger partial charge on any atom is -0.358 e.